The number of rotatable bonds is 8. The van der Waals surface area contributed by atoms with Crippen molar-refractivity contribution in [1.29, 1.82) is 0 Å². The Balaban J connectivity index is 1.52. The number of thioether (sulfide) groups is 1. The van der Waals surface area contributed by atoms with Gasteiger partial charge in [0.15, 0.2) is 5.17 Å². The second-order valence-corrected chi connectivity index (χ2v) is 11.0. The highest BCUT2D eigenvalue weighted by Crippen LogP contribution is 2.36. The fraction of sp³-hybridized carbons (Fsp3) is 0.185. The van der Waals surface area contributed by atoms with Gasteiger partial charge >= 0.3 is 0 Å². The van der Waals surface area contributed by atoms with Crippen molar-refractivity contribution in [2.75, 3.05) is 6.54 Å². The number of carbonyl (C=O) groups excluding carboxylic acids is 1. The third kappa shape index (κ3) is 7.00. The van der Waals surface area contributed by atoms with Gasteiger partial charge in [-0.05, 0) is 87.2 Å². The van der Waals surface area contributed by atoms with Gasteiger partial charge in [-0.25, -0.2) is 4.99 Å². The number of non-ortho nitro benzene ring substituents is 1. The second-order valence-electron chi connectivity index (χ2n) is 8.70. The van der Waals surface area contributed by atoms with Crippen LogP contribution in [0.3, 0.4) is 0 Å². The molecule has 0 atom stereocenters. The van der Waals surface area contributed by atoms with E-state index in [4.69, 9.17) is 21.3 Å². The normalized spacial score (nSPS) is 15.7. The topological polar surface area (TPSA) is 85.0 Å². The van der Waals surface area contributed by atoms with Crippen molar-refractivity contribution in [3.8, 4) is 5.75 Å². The Labute approximate surface area is 232 Å². The number of carbonyl (C=O) groups is 1. The molecular weight excluding hydrogens is 578 g/mol. The molecule has 0 saturated carbocycles. The number of hydrogen-bond acceptors (Lipinski definition) is 6. The SMILES string of the molecule is CC(C)CN1C(=O)/C(=C/c2ccc(OCc3cccc([N+](=O)[O-])c3)c(Br)c2)SC1=Nc1ccc(Cl)cc1. The smallest absolute Gasteiger partial charge is 0.269 e. The van der Waals surface area contributed by atoms with Gasteiger partial charge in [-0.2, -0.15) is 0 Å². The standard InChI is InChI=1S/C27H23BrClN3O4S/c1-17(2)15-31-26(33)25(37-27(31)30-21-9-7-20(29)8-10-21)14-18-6-11-24(23(28)13-18)36-16-19-4-3-5-22(12-19)32(34)35/h3-14,17H,15-16H2,1-2H3/b25-14-,30-27?. The zero-order valence-corrected chi connectivity index (χ0v) is 23.2. The van der Waals surface area contributed by atoms with Crippen molar-refractivity contribution >= 4 is 67.8 Å². The maximum atomic E-state index is 13.2. The summed E-state index contributed by atoms with van der Waals surface area (Å²) < 4.78 is 6.56. The number of hydrogen-bond donors (Lipinski definition) is 0. The van der Waals surface area contributed by atoms with Crippen molar-refractivity contribution in [3.63, 3.8) is 0 Å². The molecule has 37 heavy (non-hydrogen) atoms. The van der Waals surface area contributed by atoms with Crippen LogP contribution in [0.5, 0.6) is 5.75 Å². The van der Waals surface area contributed by atoms with E-state index in [1.54, 1.807) is 35.2 Å². The molecule has 4 rings (SSSR count). The Hall–Kier alpha value is -3.14. The van der Waals surface area contributed by atoms with Gasteiger partial charge < -0.3 is 4.74 Å². The lowest BCUT2D eigenvalue weighted by Gasteiger charge is -2.17. The number of halogens is 2. The highest BCUT2D eigenvalue weighted by Gasteiger charge is 2.33. The highest BCUT2D eigenvalue weighted by atomic mass is 79.9. The molecule has 10 heteroatoms. The molecule has 0 N–H and O–H groups in total. The number of ether oxygens (including phenoxy) is 1. The minimum Gasteiger partial charge on any atom is -0.488 e. The number of amidine groups is 1. The van der Waals surface area contributed by atoms with Crippen LogP contribution in [0.15, 0.2) is 81.1 Å². The largest absolute Gasteiger partial charge is 0.488 e. The van der Waals surface area contributed by atoms with Crippen LogP contribution in [0.25, 0.3) is 6.08 Å². The van der Waals surface area contributed by atoms with E-state index < -0.39 is 4.92 Å². The predicted octanol–water partition coefficient (Wildman–Crippen LogP) is 7.85. The summed E-state index contributed by atoms with van der Waals surface area (Å²) in [6, 6.07) is 19.0. The summed E-state index contributed by atoms with van der Waals surface area (Å²) in [5, 5.41) is 12.2. The van der Waals surface area contributed by atoms with Gasteiger partial charge in [0.2, 0.25) is 0 Å². The fourth-order valence-electron chi connectivity index (χ4n) is 3.54. The van der Waals surface area contributed by atoms with Crippen molar-refractivity contribution in [2.45, 2.75) is 20.5 Å². The number of benzene rings is 3. The minimum absolute atomic E-state index is 0.0198. The predicted molar refractivity (Wildman–Crippen MR) is 152 cm³/mol. The lowest BCUT2D eigenvalue weighted by molar-refractivity contribution is -0.384. The van der Waals surface area contributed by atoms with Crippen LogP contribution < -0.4 is 4.74 Å². The van der Waals surface area contributed by atoms with E-state index in [1.807, 2.05) is 30.3 Å². The lowest BCUT2D eigenvalue weighted by Crippen LogP contribution is -2.32. The van der Waals surface area contributed by atoms with Crippen LogP contribution in [0.1, 0.15) is 25.0 Å². The summed E-state index contributed by atoms with van der Waals surface area (Å²) >= 11 is 10.9. The molecule has 0 spiro atoms. The Morgan fingerprint density at radius 1 is 1.16 bits per heavy atom. The van der Waals surface area contributed by atoms with E-state index >= 15 is 0 Å². The van der Waals surface area contributed by atoms with E-state index in [9.17, 15) is 14.9 Å². The van der Waals surface area contributed by atoms with Gasteiger partial charge in [-0.3, -0.25) is 19.8 Å². The van der Waals surface area contributed by atoms with Gasteiger partial charge in [0.25, 0.3) is 11.6 Å². The van der Waals surface area contributed by atoms with Gasteiger partial charge in [-0.15, -0.1) is 0 Å². The van der Waals surface area contributed by atoms with E-state index in [2.05, 4.69) is 29.8 Å². The molecule has 0 radical (unpaired) electrons. The van der Waals surface area contributed by atoms with Crippen molar-refractivity contribution in [1.82, 2.24) is 4.90 Å². The molecule has 3 aromatic carbocycles. The average molecular weight is 601 g/mol. The van der Waals surface area contributed by atoms with Crippen molar-refractivity contribution < 1.29 is 14.5 Å². The first-order chi connectivity index (χ1) is 17.7. The molecule has 3 aromatic rings. The summed E-state index contributed by atoms with van der Waals surface area (Å²) in [5.41, 5.74) is 2.26. The molecule has 1 aliphatic heterocycles. The first kappa shape index (κ1) is 26.9. The Morgan fingerprint density at radius 2 is 1.92 bits per heavy atom. The third-order valence-electron chi connectivity index (χ3n) is 5.26. The number of nitro benzene ring substituents is 1. The molecule has 1 saturated heterocycles. The Bertz CT molecular complexity index is 1390. The van der Waals surface area contributed by atoms with E-state index in [0.29, 0.717) is 37.4 Å². The molecule has 1 amide bonds. The van der Waals surface area contributed by atoms with E-state index in [1.165, 1.54) is 23.9 Å². The second kappa shape index (κ2) is 11.9. The quantitative estimate of drug-likeness (QED) is 0.149. The average Bonchev–Trinajstić information content (AvgIpc) is 3.13. The number of nitrogens with zero attached hydrogens (tertiary/aromatic N) is 3. The molecule has 1 fully saturated rings. The van der Waals surface area contributed by atoms with Crippen molar-refractivity contribution in [2.24, 2.45) is 10.9 Å². The molecule has 1 heterocycles. The molecule has 7 nitrogen and oxygen atoms in total. The molecule has 0 unspecified atom stereocenters. The first-order valence-corrected chi connectivity index (χ1v) is 13.4. The monoisotopic (exact) mass is 599 g/mol. The highest BCUT2D eigenvalue weighted by molar-refractivity contribution is 9.10. The zero-order chi connectivity index (χ0) is 26.5. The summed E-state index contributed by atoms with van der Waals surface area (Å²) in [6.45, 7) is 4.86. The van der Waals surface area contributed by atoms with Gasteiger partial charge in [-0.1, -0.05) is 43.6 Å². The molecule has 1 aliphatic rings. The van der Waals surface area contributed by atoms with Gasteiger partial charge in [0, 0.05) is 23.7 Å². The fourth-order valence-corrected chi connectivity index (χ4v) is 5.18. The van der Waals surface area contributed by atoms with Gasteiger partial charge in [0.1, 0.15) is 12.4 Å². The summed E-state index contributed by atoms with van der Waals surface area (Å²) in [4.78, 5) is 30.8. The van der Waals surface area contributed by atoms with E-state index in [-0.39, 0.29) is 24.1 Å². The Kier molecular flexibility index (Phi) is 8.68. The third-order valence-corrected chi connectivity index (χ3v) is 7.13. The summed E-state index contributed by atoms with van der Waals surface area (Å²) in [7, 11) is 0. The number of amides is 1. The zero-order valence-electron chi connectivity index (χ0n) is 20.1. The first-order valence-electron chi connectivity index (χ1n) is 11.4. The molecule has 190 valence electrons. The summed E-state index contributed by atoms with van der Waals surface area (Å²) in [6.07, 6.45) is 1.83. The van der Waals surface area contributed by atoms with Crippen molar-refractivity contribution in [3.05, 3.63) is 102 Å². The molecule has 0 aromatic heterocycles. The van der Waals surface area contributed by atoms with Crippen LogP contribution in [0.2, 0.25) is 5.02 Å². The molecule has 0 aliphatic carbocycles. The van der Waals surface area contributed by atoms with Crippen LogP contribution in [-0.4, -0.2) is 27.4 Å². The van der Waals surface area contributed by atoms with Gasteiger partial charge in [0.05, 0.1) is 20.0 Å². The molecule has 0 bridgehead atoms. The number of nitro groups is 1. The van der Waals surface area contributed by atoms with Crippen LogP contribution in [-0.2, 0) is 11.4 Å². The Morgan fingerprint density at radius 3 is 2.59 bits per heavy atom. The van der Waals surface area contributed by atoms with Crippen LogP contribution in [0.4, 0.5) is 11.4 Å². The minimum atomic E-state index is -0.433. The maximum absolute atomic E-state index is 13.2. The van der Waals surface area contributed by atoms with Crippen LogP contribution in [0, 0.1) is 16.0 Å². The molecular formula is C27H23BrClN3O4S. The van der Waals surface area contributed by atoms with Crippen LogP contribution >= 0.6 is 39.3 Å². The maximum Gasteiger partial charge on any atom is 0.269 e. The lowest BCUT2D eigenvalue weighted by atomic mass is 10.2. The number of aliphatic imine (C=N–C) groups is 1. The summed E-state index contributed by atoms with van der Waals surface area (Å²) in [5.74, 6) is 0.773. The van der Waals surface area contributed by atoms with E-state index in [0.717, 1.165) is 11.3 Å².